The number of nitrogens with zero attached hydrogens (tertiary/aromatic N) is 2. The summed E-state index contributed by atoms with van der Waals surface area (Å²) >= 11 is 0. The lowest BCUT2D eigenvalue weighted by molar-refractivity contribution is -0.131. The third kappa shape index (κ3) is 6.38. The van der Waals surface area contributed by atoms with E-state index in [1.54, 1.807) is 0 Å². The second-order valence-corrected chi connectivity index (χ2v) is 5.48. The fourth-order valence-corrected chi connectivity index (χ4v) is 2.19. The summed E-state index contributed by atoms with van der Waals surface area (Å²) in [7, 11) is 0. The molecule has 0 saturated heterocycles. The van der Waals surface area contributed by atoms with Gasteiger partial charge in [-0.15, -0.1) is 0 Å². The van der Waals surface area contributed by atoms with Crippen LogP contribution >= 0.6 is 0 Å². The van der Waals surface area contributed by atoms with Crippen LogP contribution in [0.15, 0.2) is 30.3 Å². The third-order valence-electron chi connectivity index (χ3n) is 3.13. The van der Waals surface area contributed by atoms with Crippen molar-refractivity contribution in [2.24, 2.45) is 5.92 Å². The van der Waals surface area contributed by atoms with Crippen molar-refractivity contribution in [1.82, 2.24) is 4.90 Å². The number of amides is 1. The number of hydrogen-bond donors (Lipinski definition) is 0. The highest BCUT2D eigenvalue weighted by Gasteiger charge is 2.14. The Labute approximate surface area is 122 Å². The first-order valence-corrected chi connectivity index (χ1v) is 7.32. The topological polar surface area (TPSA) is 44.1 Å². The van der Waals surface area contributed by atoms with Crippen molar-refractivity contribution >= 4 is 5.91 Å². The van der Waals surface area contributed by atoms with Crippen LogP contribution in [-0.2, 0) is 11.2 Å². The van der Waals surface area contributed by atoms with E-state index in [1.165, 1.54) is 5.56 Å². The van der Waals surface area contributed by atoms with E-state index in [-0.39, 0.29) is 5.91 Å². The van der Waals surface area contributed by atoms with Gasteiger partial charge in [-0.05, 0) is 24.3 Å². The number of carbonyl (C=O) groups excluding carboxylic acids is 1. The predicted molar refractivity (Wildman–Crippen MR) is 81.0 cm³/mol. The summed E-state index contributed by atoms with van der Waals surface area (Å²) in [6.07, 6.45) is 2.77. The van der Waals surface area contributed by atoms with Gasteiger partial charge >= 0.3 is 0 Å². The Bertz CT molecular complexity index is 434. The number of rotatable bonds is 8. The van der Waals surface area contributed by atoms with Gasteiger partial charge in [0.25, 0.3) is 0 Å². The molecule has 0 fully saturated rings. The Kier molecular flexibility index (Phi) is 7.42. The molecule has 3 nitrogen and oxygen atoms in total. The van der Waals surface area contributed by atoms with E-state index in [9.17, 15) is 4.79 Å². The largest absolute Gasteiger partial charge is 0.341 e. The van der Waals surface area contributed by atoms with Crippen molar-refractivity contribution in [3.05, 3.63) is 35.9 Å². The zero-order valence-corrected chi connectivity index (χ0v) is 12.5. The lowest BCUT2D eigenvalue weighted by Crippen LogP contribution is -2.34. The highest BCUT2D eigenvalue weighted by Crippen LogP contribution is 2.08. The van der Waals surface area contributed by atoms with Crippen LogP contribution in [0, 0.1) is 17.2 Å². The fraction of sp³-hybridized carbons (Fsp3) is 0.529. The molecule has 0 spiro atoms. The van der Waals surface area contributed by atoms with Crippen LogP contribution in [0.3, 0.4) is 0 Å². The Balaban J connectivity index is 2.39. The molecule has 0 bridgehead atoms. The first-order valence-electron chi connectivity index (χ1n) is 7.32. The van der Waals surface area contributed by atoms with Crippen molar-refractivity contribution in [3.63, 3.8) is 0 Å². The van der Waals surface area contributed by atoms with Gasteiger partial charge in [0.2, 0.25) is 5.91 Å². The van der Waals surface area contributed by atoms with E-state index in [0.717, 1.165) is 19.4 Å². The molecule has 0 aliphatic rings. The van der Waals surface area contributed by atoms with Crippen LogP contribution in [0.5, 0.6) is 0 Å². The minimum Gasteiger partial charge on any atom is -0.341 e. The van der Waals surface area contributed by atoms with Gasteiger partial charge in [-0.1, -0.05) is 44.2 Å². The van der Waals surface area contributed by atoms with E-state index in [0.29, 0.717) is 25.3 Å². The summed E-state index contributed by atoms with van der Waals surface area (Å²) in [5.74, 6) is 0.608. The molecule has 0 unspecified atom stereocenters. The average Bonchev–Trinajstić information content (AvgIpc) is 2.44. The van der Waals surface area contributed by atoms with Crippen molar-refractivity contribution in [2.45, 2.75) is 39.5 Å². The molecule has 0 heterocycles. The monoisotopic (exact) mass is 272 g/mol. The average molecular weight is 272 g/mol. The van der Waals surface area contributed by atoms with E-state index < -0.39 is 0 Å². The number of aryl methyl sites for hydroxylation is 1. The van der Waals surface area contributed by atoms with E-state index >= 15 is 0 Å². The summed E-state index contributed by atoms with van der Waals surface area (Å²) in [4.78, 5) is 14.0. The zero-order chi connectivity index (χ0) is 14.8. The molecule has 3 heteroatoms. The van der Waals surface area contributed by atoms with E-state index in [2.05, 4.69) is 32.0 Å². The van der Waals surface area contributed by atoms with Gasteiger partial charge in [-0.3, -0.25) is 4.79 Å². The first-order chi connectivity index (χ1) is 9.63. The molecule has 1 aromatic rings. The molecule has 1 aromatic carbocycles. The smallest absolute Gasteiger partial charge is 0.222 e. The fourth-order valence-electron chi connectivity index (χ4n) is 2.19. The second-order valence-electron chi connectivity index (χ2n) is 5.48. The maximum absolute atomic E-state index is 12.2. The first kappa shape index (κ1) is 16.2. The Morgan fingerprint density at radius 3 is 2.60 bits per heavy atom. The molecular weight excluding hydrogens is 248 g/mol. The molecule has 0 aliphatic carbocycles. The van der Waals surface area contributed by atoms with Crippen LogP contribution in [0.4, 0.5) is 0 Å². The molecule has 0 radical (unpaired) electrons. The van der Waals surface area contributed by atoms with Crippen molar-refractivity contribution in [2.75, 3.05) is 13.1 Å². The van der Waals surface area contributed by atoms with Gasteiger partial charge in [0.15, 0.2) is 0 Å². The highest BCUT2D eigenvalue weighted by atomic mass is 16.2. The van der Waals surface area contributed by atoms with Crippen LogP contribution in [0.1, 0.15) is 38.7 Å². The van der Waals surface area contributed by atoms with Crippen molar-refractivity contribution in [3.8, 4) is 6.07 Å². The normalized spacial score (nSPS) is 10.3. The summed E-state index contributed by atoms with van der Waals surface area (Å²) in [6, 6.07) is 12.3. The summed E-state index contributed by atoms with van der Waals surface area (Å²) in [6.45, 7) is 5.48. The van der Waals surface area contributed by atoms with Crippen LogP contribution in [-0.4, -0.2) is 23.9 Å². The quantitative estimate of drug-likeness (QED) is 0.728. The van der Waals surface area contributed by atoms with Gasteiger partial charge in [0, 0.05) is 19.5 Å². The Morgan fingerprint density at radius 1 is 1.30 bits per heavy atom. The van der Waals surface area contributed by atoms with Crippen molar-refractivity contribution in [1.29, 1.82) is 5.26 Å². The van der Waals surface area contributed by atoms with Crippen LogP contribution in [0.25, 0.3) is 0 Å². The highest BCUT2D eigenvalue weighted by molar-refractivity contribution is 5.76. The molecule has 0 N–H and O–H groups in total. The lowest BCUT2D eigenvalue weighted by atomic mass is 10.1. The molecular formula is C17H24N2O. The van der Waals surface area contributed by atoms with E-state index in [1.807, 2.05) is 23.1 Å². The predicted octanol–water partition coefficient (Wildman–Crippen LogP) is 3.41. The maximum atomic E-state index is 12.2. The zero-order valence-electron chi connectivity index (χ0n) is 12.5. The number of carbonyl (C=O) groups is 1. The third-order valence-corrected chi connectivity index (χ3v) is 3.13. The Morgan fingerprint density at radius 2 is 2.00 bits per heavy atom. The molecule has 0 atom stereocenters. The van der Waals surface area contributed by atoms with Gasteiger partial charge in [-0.2, -0.15) is 5.26 Å². The van der Waals surface area contributed by atoms with Crippen LogP contribution in [0.2, 0.25) is 0 Å². The van der Waals surface area contributed by atoms with Gasteiger partial charge < -0.3 is 4.90 Å². The molecule has 0 aliphatic heterocycles. The minimum atomic E-state index is 0.171. The standard InChI is InChI=1S/C17H24N2O/c1-15(2)14-19(13-7-12-18)17(20)11-6-10-16-8-4-3-5-9-16/h3-5,8-9,15H,6-7,10-11,13-14H2,1-2H3. The maximum Gasteiger partial charge on any atom is 0.222 e. The molecule has 20 heavy (non-hydrogen) atoms. The van der Waals surface area contributed by atoms with Gasteiger partial charge in [0.1, 0.15) is 0 Å². The second kappa shape index (κ2) is 9.14. The lowest BCUT2D eigenvalue weighted by Gasteiger charge is -2.23. The molecule has 0 aromatic heterocycles. The molecule has 1 rings (SSSR count). The minimum absolute atomic E-state index is 0.171. The van der Waals surface area contributed by atoms with Gasteiger partial charge in [-0.25, -0.2) is 0 Å². The molecule has 0 saturated carbocycles. The molecule has 108 valence electrons. The summed E-state index contributed by atoms with van der Waals surface area (Å²) < 4.78 is 0. The van der Waals surface area contributed by atoms with E-state index in [4.69, 9.17) is 5.26 Å². The Hall–Kier alpha value is -1.82. The van der Waals surface area contributed by atoms with Crippen molar-refractivity contribution < 1.29 is 4.79 Å². The summed E-state index contributed by atoms with van der Waals surface area (Å²) in [5, 5.41) is 8.67. The number of benzene rings is 1. The molecule has 1 amide bonds. The number of nitriles is 1. The van der Waals surface area contributed by atoms with Crippen LogP contribution < -0.4 is 0 Å². The van der Waals surface area contributed by atoms with Gasteiger partial charge in [0.05, 0.1) is 12.5 Å². The SMILES string of the molecule is CC(C)CN(CCC#N)C(=O)CCCc1ccccc1. The number of hydrogen-bond acceptors (Lipinski definition) is 2. The summed E-state index contributed by atoms with van der Waals surface area (Å²) in [5.41, 5.74) is 1.27.